The van der Waals surface area contributed by atoms with Crippen molar-refractivity contribution in [2.75, 3.05) is 12.4 Å². The highest BCUT2D eigenvalue weighted by atomic mass is 35.5. The van der Waals surface area contributed by atoms with Crippen molar-refractivity contribution in [3.63, 3.8) is 0 Å². The van der Waals surface area contributed by atoms with Crippen LogP contribution in [-0.2, 0) is 10.2 Å². The third-order valence-electron chi connectivity index (χ3n) is 7.54. The summed E-state index contributed by atoms with van der Waals surface area (Å²) in [5.41, 5.74) is -0.670. The standard InChI is InChI=1S/C32H32ClF2N3O3.3C2H6/c1-18-9-11-21(23(34)13-18)32(17-36)26(15-31(2,3)4)38-29(27(32)20-7-6-8-22(33)28(20)35)30(40)37-24-12-10-19(16-39)14-25(24)41-5;3*1-2/h6-14,16,26-27,29,38H,15H2,1-5H3,(H,37,40);3*1-2H3/t26?,27?,29-,32?;;;/m1.../s1. The maximum atomic E-state index is 15.8. The van der Waals surface area contributed by atoms with Crippen LogP contribution in [0.15, 0.2) is 54.6 Å². The summed E-state index contributed by atoms with van der Waals surface area (Å²) in [5, 5.41) is 16.9. The molecule has 1 fully saturated rings. The van der Waals surface area contributed by atoms with Crippen LogP contribution in [0, 0.1) is 35.3 Å². The number of hydrogen-bond donors (Lipinski definition) is 2. The highest BCUT2D eigenvalue weighted by Gasteiger charge is 2.61. The number of aryl methyl sites for hydroxylation is 1. The molecule has 1 aliphatic heterocycles. The van der Waals surface area contributed by atoms with Gasteiger partial charge in [0.05, 0.1) is 29.9 Å². The number of hydrogen-bond acceptors (Lipinski definition) is 5. The lowest BCUT2D eigenvalue weighted by molar-refractivity contribution is -0.118. The van der Waals surface area contributed by atoms with Crippen LogP contribution < -0.4 is 15.4 Å². The summed E-state index contributed by atoms with van der Waals surface area (Å²) in [6, 6.07) is 13.9. The summed E-state index contributed by atoms with van der Waals surface area (Å²) in [5.74, 6) is -2.91. The summed E-state index contributed by atoms with van der Waals surface area (Å²) in [7, 11) is 1.40. The average molecular weight is 670 g/mol. The van der Waals surface area contributed by atoms with Crippen LogP contribution in [0.25, 0.3) is 0 Å². The minimum absolute atomic E-state index is 0.0198. The van der Waals surface area contributed by atoms with E-state index in [1.807, 2.05) is 62.3 Å². The van der Waals surface area contributed by atoms with Gasteiger partial charge in [-0.15, -0.1) is 0 Å². The second kappa shape index (κ2) is 18.5. The zero-order chi connectivity index (χ0) is 36.1. The number of nitrogens with one attached hydrogen (secondary N) is 2. The number of nitrogens with zero attached hydrogens (tertiary/aromatic N) is 1. The number of rotatable bonds is 7. The van der Waals surface area contributed by atoms with Crippen LogP contribution in [0.4, 0.5) is 14.5 Å². The summed E-state index contributed by atoms with van der Waals surface area (Å²) < 4.78 is 37.0. The lowest BCUT2D eigenvalue weighted by Crippen LogP contribution is -2.45. The quantitative estimate of drug-likeness (QED) is 0.244. The van der Waals surface area contributed by atoms with Gasteiger partial charge in [0.1, 0.15) is 29.1 Å². The van der Waals surface area contributed by atoms with Gasteiger partial charge in [0, 0.05) is 23.1 Å². The second-order valence-electron chi connectivity index (χ2n) is 11.6. The van der Waals surface area contributed by atoms with E-state index >= 15 is 8.78 Å². The van der Waals surface area contributed by atoms with Crippen molar-refractivity contribution < 1.29 is 23.1 Å². The van der Waals surface area contributed by atoms with E-state index in [-0.39, 0.29) is 33.0 Å². The lowest BCUT2D eigenvalue weighted by Gasteiger charge is -2.37. The number of nitriles is 1. The Morgan fingerprint density at radius 3 is 2.23 bits per heavy atom. The third kappa shape index (κ3) is 9.18. The molecule has 3 unspecified atom stereocenters. The van der Waals surface area contributed by atoms with Crippen LogP contribution in [0.1, 0.15) is 102 Å². The molecule has 4 atom stereocenters. The first-order valence-corrected chi connectivity index (χ1v) is 16.6. The Morgan fingerprint density at radius 2 is 1.70 bits per heavy atom. The Morgan fingerprint density at radius 1 is 1.06 bits per heavy atom. The molecule has 3 aromatic rings. The van der Waals surface area contributed by atoms with E-state index in [0.29, 0.717) is 23.8 Å². The molecular weight excluding hydrogens is 620 g/mol. The predicted molar refractivity (Wildman–Crippen MR) is 188 cm³/mol. The molecule has 3 aromatic carbocycles. The molecule has 0 saturated carbocycles. The van der Waals surface area contributed by atoms with E-state index in [1.165, 1.54) is 43.5 Å². The topological polar surface area (TPSA) is 91.2 Å². The molecule has 9 heteroatoms. The van der Waals surface area contributed by atoms with Crippen LogP contribution in [0.2, 0.25) is 5.02 Å². The molecule has 0 aromatic heterocycles. The lowest BCUT2D eigenvalue weighted by atomic mass is 9.62. The number of carbonyl (C=O) groups excluding carboxylic acids is 2. The molecule has 1 amide bonds. The summed E-state index contributed by atoms with van der Waals surface area (Å²) in [4.78, 5) is 25.3. The number of halogens is 3. The van der Waals surface area contributed by atoms with Gasteiger partial charge in [-0.25, -0.2) is 8.78 Å². The molecule has 1 heterocycles. The van der Waals surface area contributed by atoms with Crippen LogP contribution in [0.3, 0.4) is 0 Å². The van der Waals surface area contributed by atoms with E-state index < -0.39 is 41.0 Å². The highest BCUT2D eigenvalue weighted by Crippen LogP contribution is 2.52. The fourth-order valence-corrected chi connectivity index (χ4v) is 5.96. The molecule has 0 radical (unpaired) electrons. The Bertz CT molecular complexity index is 1530. The number of ether oxygens (including phenoxy) is 1. The molecule has 0 spiro atoms. The van der Waals surface area contributed by atoms with Gasteiger partial charge >= 0.3 is 0 Å². The largest absolute Gasteiger partial charge is 0.495 e. The summed E-state index contributed by atoms with van der Waals surface area (Å²) in [6.45, 7) is 19.7. The molecule has 1 saturated heterocycles. The molecule has 256 valence electrons. The van der Waals surface area contributed by atoms with Crippen molar-refractivity contribution in [3.05, 3.63) is 93.5 Å². The number of aldehydes is 1. The molecule has 2 N–H and O–H groups in total. The van der Waals surface area contributed by atoms with Gasteiger partial charge in [-0.3, -0.25) is 9.59 Å². The number of amides is 1. The molecule has 47 heavy (non-hydrogen) atoms. The molecule has 0 aliphatic carbocycles. The summed E-state index contributed by atoms with van der Waals surface area (Å²) >= 11 is 6.20. The predicted octanol–water partition coefficient (Wildman–Crippen LogP) is 9.79. The zero-order valence-electron chi connectivity index (χ0n) is 29.5. The Balaban J connectivity index is 0.00000174. The van der Waals surface area contributed by atoms with Gasteiger partial charge in [0.15, 0.2) is 0 Å². The van der Waals surface area contributed by atoms with Crippen LogP contribution >= 0.6 is 11.6 Å². The van der Waals surface area contributed by atoms with E-state index in [9.17, 15) is 14.9 Å². The van der Waals surface area contributed by atoms with Crippen molar-refractivity contribution in [1.82, 2.24) is 5.32 Å². The van der Waals surface area contributed by atoms with Gasteiger partial charge < -0.3 is 15.4 Å². The van der Waals surface area contributed by atoms with E-state index in [1.54, 1.807) is 25.1 Å². The number of carbonyl (C=O) groups is 2. The Kier molecular flexibility index (Phi) is 16.2. The van der Waals surface area contributed by atoms with Crippen LogP contribution in [-0.4, -0.2) is 31.4 Å². The van der Waals surface area contributed by atoms with Crippen molar-refractivity contribution in [2.45, 2.75) is 99.1 Å². The molecule has 0 bridgehead atoms. The number of anilines is 1. The monoisotopic (exact) mass is 669 g/mol. The van der Waals surface area contributed by atoms with Crippen molar-refractivity contribution in [2.24, 2.45) is 5.41 Å². The van der Waals surface area contributed by atoms with Gasteiger partial charge in [-0.2, -0.15) is 5.26 Å². The second-order valence-corrected chi connectivity index (χ2v) is 12.0. The van der Waals surface area contributed by atoms with Gasteiger partial charge in [-0.05, 0) is 60.2 Å². The molecule has 4 rings (SSSR count). The fraction of sp³-hybridized carbons (Fsp3) is 0.447. The minimum atomic E-state index is -1.69. The number of benzene rings is 3. The van der Waals surface area contributed by atoms with E-state index in [0.717, 1.165) is 0 Å². The smallest absolute Gasteiger partial charge is 0.242 e. The summed E-state index contributed by atoms with van der Waals surface area (Å²) in [6.07, 6.45) is 1.02. The maximum Gasteiger partial charge on any atom is 0.242 e. The normalized spacial score (nSPS) is 19.7. The Hall–Kier alpha value is -3.80. The maximum absolute atomic E-state index is 15.8. The number of methoxy groups -OCH3 is 1. The first kappa shape index (κ1) is 41.2. The van der Waals surface area contributed by atoms with Crippen molar-refractivity contribution in [1.29, 1.82) is 5.26 Å². The van der Waals surface area contributed by atoms with Gasteiger partial charge in [-0.1, -0.05) is 98.2 Å². The average Bonchev–Trinajstić information content (AvgIpc) is 3.38. The minimum Gasteiger partial charge on any atom is -0.495 e. The van der Waals surface area contributed by atoms with Gasteiger partial charge in [0.25, 0.3) is 0 Å². The molecule has 1 aliphatic rings. The first-order chi connectivity index (χ1) is 22.4. The van der Waals surface area contributed by atoms with E-state index in [2.05, 4.69) is 16.7 Å². The van der Waals surface area contributed by atoms with Gasteiger partial charge in [0.2, 0.25) is 5.91 Å². The molecular formula is C38H50ClF2N3O3. The SMILES string of the molecule is CC.CC.CC.COc1cc(C=O)ccc1NC(=O)[C@@H]1NC(CC(C)(C)C)C(C#N)(c2ccc(C)cc2F)C1c1cccc(Cl)c1F. The van der Waals surface area contributed by atoms with E-state index in [4.69, 9.17) is 16.3 Å². The highest BCUT2D eigenvalue weighted by molar-refractivity contribution is 6.30. The zero-order valence-corrected chi connectivity index (χ0v) is 30.3. The third-order valence-corrected chi connectivity index (χ3v) is 7.84. The fourth-order valence-electron chi connectivity index (χ4n) is 5.78. The van der Waals surface area contributed by atoms with Crippen LogP contribution in [0.5, 0.6) is 5.75 Å². The Labute approximate surface area is 284 Å². The van der Waals surface area contributed by atoms with Crippen molar-refractivity contribution >= 4 is 29.5 Å². The molecule has 6 nitrogen and oxygen atoms in total. The van der Waals surface area contributed by atoms with Crippen molar-refractivity contribution in [3.8, 4) is 11.8 Å². The first-order valence-electron chi connectivity index (χ1n) is 16.2.